The van der Waals surface area contributed by atoms with Crippen LogP contribution in [0.2, 0.25) is 0 Å². The number of benzene rings is 2. The van der Waals surface area contributed by atoms with Crippen molar-refractivity contribution in [3.05, 3.63) is 108 Å². The zero-order valence-electron chi connectivity index (χ0n) is 17.5. The molecule has 1 fully saturated rings. The summed E-state index contributed by atoms with van der Waals surface area (Å²) >= 11 is 0. The Labute approximate surface area is 182 Å². The highest BCUT2D eigenvalue weighted by Crippen LogP contribution is 2.27. The summed E-state index contributed by atoms with van der Waals surface area (Å²) in [7, 11) is 0. The van der Waals surface area contributed by atoms with Crippen LogP contribution in [-0.4, -0.2) is 51.3 Å². The minimum absolute atomic E-state index is 0.187. The lowest BCUT2D eigenvalue weighted by Crippen LogP contribution is -2.49. The minimum atomic E-state index is -0.257. The minimum Gasteiger partial charge on any atom is -0.339 e. The first kappa shape index (κ1) is 19.5. The maximum absolute atomic E-state index is 13.6. The molecule has 0 saturated carbocycles. The molecule has 1 saturated heterocycles. The largest absolute Gasteiger partial charge is 0.339 e. The molecule has 156 valence electrons. The highest BCUT2D eigenvalue weighted by molar-refractivity contribution is 5.87. The second-order valence-corrected chi connectivity index (χ2v) is 8.03. The van der Waals surface area contributed by atoms with Crippen LogP contribution in [0.5, 0.6) is 0 Å². The van der Waals surface area contributed by atoms with Gasteiger partial charge in [0.1, 0.15) is 5.65 Å². The molecule has 5 rings (SSSR count). The van der Waals surface area contributed by atoms with Crippen molar-refractivity contribution in [3.63, 3.8) is 0 Å². The van der Waals surface area contributed by atoms with E-state index in [2.05, 4.69) is 44.7 Å². The van der Waals surface area contributed by atoms with E-state index in [-0.39, 0.29) is 11.8 Å². The number of carbonyl (C=O) groups excluding carboxylic acids is 1. The third-order valence-electron chi connectivity index (χ3n) is 6.08. The summed E-state index contributed by atoms with van der Waals surface area (Å²) in [6, 6.07) is 26.3. The SMILES string of the molecule is O=C(C(c1ccccc1)c1ccccc1)N1CCN(Cc2cnc3ccccn23)CC1. The van der Waals surface area contributed by atoms with Crippen LogP contribution < -0.4 is 0 Å². The van der Waals surface area contributed by atoms with Gasteiger partial charge in [-0.15, -0.1) is 0 Å². The van der Waals surface area contributed by atoms with E-state index >= 15 is 0 Å². The number of fused-ring (bicyclic) bond motifs is 1. The maximum atomic E-state index is 13.6. The fraction of sp³-hybridized carbons (Fsp3) is 0.231. The van der Waals surface area contributed by atoms with Crippen LogP contribution in [0.25, 0.3) is 5.65 Å². The number of aromatic nitrogens is 2. The molecule has 2 aromatic heterocycles. The van der Waals surface area contributed by atoms with Gasteiger partial charge in [0.05, 0.1) is 17.8 Å². The van der Waals surface area contributed by atoms with Crippen LogP contribution in [0.3, 0.4) is 0 Å². The second kappa shape index (κ2) is 8.74. The lowest BCUT2D eigenvalue weighted by atomic mass is 9.90. The molecule has 4 aromatic rings. The monoisotopic (exact) mass is 410 g/mol. The van der Waals surface area contributed by atoms with Gasteiger partial charge >= 0.3 is 0 Å². The van der Waals surface area contributed by atoms with Gasteiger partial charge < -0.3 is 9.30 Å². The Morgan fingerprint density at radius 3 is 2.06 bits per heavy atom. The molecule has 1 aliphatic rings. The van der Waals surface area contributed by atoms with E-state index in [0.29, 0.717) is 0 Å². The number of hydrogen-bond donors (Lipinski definition) is 0. The summed E-state index contributed by atoms with van der Waals surface area (Å²) in [4.78, 5) is 22.5. The van der Waals surface area contributed by atoms with Crippen LogP contribution in [0.4, 0.5) is 0 Å². The molecule has 31 heavy (non-hydrogen) atoms. The van der Waals surface area contributed by atoms with Crippen LogP contribution in [0, 0.1) is 0 Å². The van der Waals surface area contributed by atoms with Crippen molar-refractivity contribution in [3.8, 4) is 0 Å². The summed E-state index contributed by atoms with van der Waals surface area (Å²) in [6.07, 6.45) is 4.01. The van der Waals surface area contributed by atoms with Crippen molar-refractivity contribution in [2.75, 3.05) is 26.2 Å². The van der Waals surface area contributed by atoms with E-state index in [4.69, 9.17) is 0 Å². The van der Waals surface area contributed by atoms with Gasteiger partial charge in [-0.1, -0.05) is 66.7 Å². The van der Waals surface area contributed by atoms with E-state index in [0.717, 1.165) is 49.5 Å². The highest BCUT2D eigenvalue weighted by Gasteiger charge is 2.29. The zero-order chi connectivity index (χ0) is 21.0. The fourth-order valence-electron chi connectivity index (χ4n) is 4.41. The lowest BCUT2D eigenvalue weighted by Gasteiger charge is -2.36. The Bertz CT molecular complexity index is 1110. The molecule has 0 N–H and O–H groups in total. The van der Waals surface area contributed by atoms with Crippen molar-refractivity contribution >= 4 is 11.6 Å². The highest BCUT2D eigenvalue weighted by atomic mass is 16.2. The van der Waals surface area contributed by atoms with E-state index in [9.17, 15) is 4.79 Å². The third kappa shape index (κ3) is 4.09. The molecule has 0 unspecified atom stereocenters. The molecule has 0 radical (unpaired) electrons. The predicted molar refractivity (Wildman–Crippen MR) is 122 cm³/mol. The number of nitrogens with zero attached hydrogens (tertiary/aromatic N) is 4. The topological polar surface area (TPSA) is 40.9 Å². The van der Waals surface area contributed by atoms with Gasteiger partial charge in [0.25, 0.3) is 0 Å². The van der Waals surface area contributed by atoms with Gasteiger partial charge in [-0.3, -0.25) is 9.69 Å². The average Bonchev–Trinajstić information content (AvgIpc) is 3.24. The first-order chi connectivity index (χ1) is 15.3. The van der Waals surface area contributed by atoms with Crippen LogP contribution in [0.15, 0.2) is 91.3 Å². The Balaban J connectivity index is 1.29. The van der Waals surface area contributed by atoms with Crippen LogP contribution in [-0.2, 0) is 11.3 Å². The molecule has 0 aliphatic carbocycles. The molecule has 0 spiro atoms. The molecule has 0 atom stereocenters. The molecule has 2 aromatic carbocycles. The first-order valence-electron chi connectivity index (χ1n) is 10.8. The molecule has 1 aliphatic heterocycles. The summed E-state index contributed by atoms with van der Waals surface area (Å²) in [5.41, 5.74) is 4.25. The number of carbonyl (C=O) groups is 1. The summed E-state index contributed by atoms with van der Waals surface area (Å²) < 4.78 is 2.14. The van der Waals surface area contributed by atoms with Crippen molar-refractivity contribution in [1.82, 2.24) is 19.2 Å². The molecule has 3 heterocycles. The molecular formula is C26H26N4O. The number of pyridine rings is 1. The van der Waals surface area contributed by atoms with E-state index in [1.807, 2.05) is 65.7 Å². The van der Waals surface area contributed by atoms with Crippen molar-refractivity contribution in [2.45, 2.75) is 12.5 Å². The number of rotatable bonds is 5. The number of piperazine rings is 1. The molecule has 5 nitrogen and oxygen atoms in total. The molecule has 1 amide bonds. The standard InChI is InChI=1S/C26H26N4O/c31-26(25(21-9-3-1-4-10-21)22-11-5-2-6-12-22)29-17-15-28(16-18-29)20-23-19-27-24-13-7-8-14-30(23)24/h1-14,19,25H,15-18,20H2. The number of imidazole rings is 1. The first-order valence-corrected chi connectivity index (χ1v) is 10.8. The van der Waals surface area contributed by atoms with Crippen molar-refractivity contribution < 1.29 is 4.79 Å². The normalized spacial score (nSPS) is 14.9. The quantitative estimate of drug-likeness (QED) is 0.502. The third-order valence-corrected chi connectivity index (χ3v) is 6.08. The smallest absolute Gasteiger partial charge is 0.234 e. The average molecular weight is 411 g/mol. The number of hydrogen-bond acceptors (Lipinski definition) is 3. The summed E-state index contributed by atoms with van der Waals surface area (Å²) in [6.45, 7) is 4.05. The molecule has 0 bridgehead atoms. The van der Waals surface area contributed by atoms with Crippen molar-refractivity contribution in [2.24, 2.45) is 0 Å². The Morgan fingerprint density at radius 2 is 1.42 bits per heavy atom. The predicted octanol–water partition coefficient (Wildman–Crippen LogP) is 3.81. The second-order valence-electron chi connectivity index (χ2n) is 8.03. The summed E-state index contributed by atoms with van der Waals surface area (Å²) in [5, 5.41) is 0. The maximum Gasteiger partial charge on any atom is 0.234 e. The summed E-state index contributed by atoms with van der Waals surface area (Å²) in [5.74, 6) is -0.0698. The number of amides is 1. The van der Waals surface area contributed by atoms with Crippen LogP contribution >= 0.6 is 0 Å². The van der Waals surface area contributed by atoms with Gasteiger partial charge in [-0.05, 0) is 23.3 Å². The zero-order valence-corrected chi connectivity index (χ0v) is 17.5. The molecule has 5 heteroatoms. The Morgan fingerprint density at radius 1 is 0.806 bits per heavy atom. The molecular weight excluding hydrogens is 384 g/mol. The van der Waals surface area contributed by atoms with Crippen molar-refractivity contribution in [1.29, 1.82) is 0 Å². The van der Waals surface area contributed by atoms with Gasteiger partial charge in [0, 0.05) is 38.9 Å². The van der Waals surface area contributed by atoms with E-state index < -0.39 is 0 Å². The van der Waals surface area contributed by atoms with Crippen LogP contribution in [0.1, 0.15) is 22.7 Å². The van der Waals surface area contributed by atoms with Gasteiger partial charge in [0.15, 0.2) is 0 Å². The lowest BCUT2D eigenvalue weighted by molar-refractivity contribution is -0.133. The van der Waals surface area contributed by atoms with Gasteiger partial charge in [-0.25, -0.2) is 4.98 Å². The van der Waals surface area contributed by atoms with E-state index in [1.165, 1.54) is 5.69 Å². The van der Waals surface area contributed by atoms with E-state index in [1.54, 1.807) is 0 Å². The van der Waals surface area contributed by atoms with Gasteiger partial charge in [-0.2, -0.15) is 0 Å². The Kier molecular flexibility index (Phi) is 5.50. The Hall–Kier alpha value is -3.44. The van der Waals surface area contributed by atoms with Gasteiger partial charge in [0.2, 0.25) is 5.91 Å². The fourth-order valence-corrected chi connectivity index (χ4v) is 4.41.